The molecule has 2 saturated heterocycles. The minimum Gasteiger partial charge on any atom is -0.352 e. The molecule has 0 atom stereocenters. The third-order valence-corrected chi connectivity index (χ3v) is 6.35. The highest BCUT2D eigenvalue weighted by Crippen LogP contribution is 2.39. The zero-order chi connectivity index (χ0) is 23.6. The summed E-state index contributed by atoms with van der Waals surface area (Å²) in [6.07, 6.45) is 0.812. The number of amides is 3. The number of likely N-dealkylation sites (tertiary alicyclic amines) is 1. The Morgan fingerprint density at radius 2 is 1.67 bits per heavy atom. The highest BCUT2D eigenvalue weighted by Gasteiger charge is 2.54. The van der Waals surface area contributed by atoms with Gasteiger partial charge in [-0.2, -0.15) is 0 Å². The van der Waals surface area contributed by atoms with E-state index in [0.717, 1.165) is 5.69 Å². The first-order valence-electron chi connectivity index (χ1n) is 11.3. The maximum Gasteiger partial charge on any atom is 0.256 e. The number of hydrogen-bond donors (Lipinski definition) is 1. The topological polar surface area (TPSA) is 73.0 Å². The van der Waals surface area contributed by atoms with Gasteiger partial charge in [0.05, 0.1) is 12.2 Å². The van der Waals surface area contributed by atoms with Gasteiger partial charge >= 0.3 is 0 Å². The molecule has 2 aromatic rings. The van der Waals surface area contributed by atoms with E-state index in [1.807, 2.05) is 49.1 Å². The maximum absolute atomic E-state index is 14.1. The predicted octanol–water partition coefficient (Wildman–Crippen LogP) is 2.63. The van der Waals surface area contributed by atoms with Crippen molar-refractivity contribution in [3.8, 4) is 0 Å². The molecule has 0 saturated carbocycles. The summed E-state index contributed by atoms with van der Waals surface area (Å²) in [6, 6.07) is 15.6. The summed E-state index contributed by atoms with van der Waals surface area (Å²) >= 11 is 0. The lowest BCUT2D eigenvalue weighted by atomic mass is 9.85. The van der Waals surface area contributed by atoms with Crippen molar-refractivity contribution in [1.29, 1.82) is 0 Å². The minimum absolute atomic E-state index is 0.0120. The molecule has 7 nitrogen and oxygen atoms in total. The molecular formula is C25H29FN4O3. The van der Waals surface area contributed by atoms with Crippen LogP contribution in [-0.2, 0) is 9.59 Å². The lowest BCUT2D eigenvalue weighted by Crippen LogP contribution is -2.57. The van der Waals surface area contributed by atoms with Crippen molar-refractivity contribution in [3.63, 3.8) is 0 Å². The van der Waals surface area contributed by atoms with Crippen LogP contribution in [0.5, 0.6) is 0 Å². The molecule has 0 unspecified atom stereocenters. The summed E-state index contributed by atoms with van der Waals surface area (Å²) in [4.78, 5) is 44.1. The van der Waals surface area contributed by atoms with Crippen molar-refractivity contribution in [2.45, 2.75) is 38.3 Å². The van der Waals surface area contributed by atoms with Crippen LogP contribution in [0, 0.1) is 5.82 Å². The summed E-state index contributed by atoms with van der Waals surface area (Å²) in [5.41, 5.74) is 0.0930. The number of nitrogens with zero attached hydrogens (tertiary/aromatic N) is 3. The largest absolute Gasteiger partial charge is 0.352 e. The van der Waals surface area contributed by atoms with Crippen molar-refractivity contribution >= 4 is 23.4 Å². The van der Waals surface area contributed by atoms with Crippen LogP contribution in [0.2, 0.25) is 0 Å². The van der Waals surface area contributed by atoms with Gasteiger partial charge in [-0.15, -0.1) is 0 Å². The molecule has 2 heterocycles. The Kier molecular flexibility index (Phi) is 6.35. The van der Waals surface area contributed by atoms with E-state index in [9.17, 15) is 18.8 Å². The Hall–Kier alpha value is -3.42. The standard InChI is InChI=1S/C25H29FN4O3/c1-18(2)27-22(31)16-29-17-30(19-8-4-3-5-9-19)25(24(29)33)12-14-28(15-13-25)23(32)20-10-6-7-11-21(20)26/h3-11,18H,12-17H2,1-2H3,(H,27,31). The Labute approximate surface area is 193 Å². The molecule has 0 aromatic heterocycles. The lowest BCUT2D eigenvalue weighted by Gasteiger charge is -2.43. The monoisotopic (exact) mass is 452 g/mol. The zero-order valence-electron chi connectivity index (χ0n) is 19.0. The van der Waals surface area contributed by atoms with E-state index in [-0.39, 0.29) is 35.9 Å². The third kappa shape index (κ3) is 4.42. The number of rotatable bonds is 5. The summed E-state index contributed by atoms with van der Waals surface area (Å²) in [5, 5.41) is 2.84. The van der Waals surface area contributed by atoms with Crippen molar-refractivity contribution in [2.24, 2.45) is 0 Å². The summed E-state index contributed by atoms with van der Waals surface area (Å²) in [7, 11) is 0. The number of para-hydroxylation sites is 1. The number of carbonyl (C=O) groups excluding carboxylic acids is 3. The van der Waals surface area contributed by atoms with Crippen LogP contribution in [0.15, 0.2) is 54.6 Å². The Bertz CT molecular complexity index is 1030. The number of halogens is 1. The summed E-state index contributed by atoms with van der Waals surface area (Å²) < 4.78 is 14.1. The van der Waals surface area contributed by atoms with Gasteiger partial charge in [-0.1, -0.05) is 30.3 Å². The number of carbonyl (C=O) groups is 3. The van der Waals surface area contributed by atoms with Crippen LogP contribution in [0.3, 0.4) is 0 Å². The van der Waals surface area contributed by atoms with Crippen molar-refractivity contribution in [2.75, 3.05) is 31.2 Å². The lowest BCUT2D eigenvalue weighted by molar-refractivity contribution is -0.137. The average Bonchev–Trinajstić information content (AvgIpc) is 3.05. The molecule has 8 heteroatoms. The number of hydrogen-bond acceptors (Lipinski definition) is 4. The van der Waals surface area contributed by atoms with Crippen molar-refractivity contribution < 1.29 is 18.8 Å². The minimum atomic E-state index is -0.842. The van der Waals surface area contributed by atoms with Gasteiger partial charge < -0.3 is 20.0 Å². The van der Waals surface area contributed by atoms with Gasteiger partial charge in [0.1, 0.15) is 17.9 Å². The normalized spacial score (nSPS) is 17.7. The van der Waals surface area contributed by atoms with E-state index in [1.165, 1.54) is 12.1 Å². The fourth-order valence-electron chi connectivity index (χ4n) is 4.75. The molecule has 1 N–H and O–H groups in total. The van der Waals surface area contributed by atoms with Crippen LogP contribution < -0.4 is 10.2 Å². The Morgan fingerprint density at radius 3 is 2.30 bits per heavy atom. The van der Waals surface area contributed by atoms with E-state index in [1.54, 1.807) is 21.9 Å². The molecule has 4 rings (SSSR count). The maximum atomic E-state index is 14.1. The van der Waals surface area contributed by atoms with Crippen molar-refractivity contribution in [3.05, 3.63) is 66.0 Å². The Morgan fingerprint density at radius 1 is 1.03 bits per heavy atom. The van der Waals surface area contributed by atoms with E-state index in [2.05, 4.69) is 5.32 Å². The summed E-state index contributed by atoms with van der Waals surface area (Å²) in [5.74, 6) is -1.22. The molecule has 2 fully saturated rings. The Balaban J connectivity index is 1.56. The number of nitrogens with one attached hydrogen (secondary N) is 1. The third-order valence-electron chi connectivity index (χ3n) is 6.35. The van der Waals surface area contributed by atoms with Crippen LogP contribution >= 0.6 is 0 Å². The van der Waals surface area contributed by atoms with E-state index < -0.39 is 11.4 Å². The second kappa shape index (κ2) is 9.21. The molecule has 0 radical (unpaired) electrons. The van der Waals surface area contributed by atoms with Gasteiger partial charge in [0.25, 0.3) is 11.8 Å². The van der Waals surface area contributed by atoms with Gasteiger partial charge in [0.15, 0.2) is 0 Å². The zero-order valence-corrected chi connectivity index (χ0v) is 19.0. The second-order valence-electron chi connectivity index (χ2n) is 8.93. The molecule has 2 aliphatic rings. The molecule has 3 amide bonds. The first-order chi connectivity index (χ1) is 15.8. The molecular weight excluding hydrogens is 423 g/mol. The van der Waals surface area contributed by atoms with Gasteiger partial charge in [-0.3, -0.25) is 14.4 Å². The van der Waals surface area contributed by atoms with Gasteiger partial charge in [0, 0.05) is 24.8 Å². The van der Waals surface area contributed by atoms with Crippen LogP contribution in [-0.4, -0.2) is 65.4 Å². The number of piperidine rings is 1. The molecule has 0 bridgehead atoms. The molecule has 174 valence electrons. The van der Waals surface area contributed by atoms with Gasteiger partial charge in [-0.05, 0) is 51.0 Å². The molecule has 33 heavy (non-hydrogen) atoms. The fraction of sp³-hybridized carbons (Fsp3) is 0.400. The molecule has 2 aliphatic heterocycles. The highest BCUT2D eigenvalue weighted by atomic mass is 19.1. The fourth-order valence-corrected chi connectivity index (χ4v) is 4.75. The van der Waals surface area contributed by atoms with Crippen molar-refractivity contribution in [1.82, 2.24) is 15.1 Å². The van der Waals surface area contributed by atoms with E-state index >= 15 is 0 Å². The predicted molar refractivity (Wildman–Crippen MR) is 123 cm³/mol. The highest BCUT2D eigenvalue weighted by molar-refractivity contribution is 5.97. The molecule has 2 aromatic carbocycles. The molecule has 1 spiro atoms. The van der Waals surface area contributed by atoms with Crippen LogP contribution in [0.4, 0.5) is 10.1 Å². The average molecular weight is 453 g/mol. The number of anilines is 1. The number of benzene rings is 2. The second-order valence-corrected chi connectivity index (χ2v) is 8.93. The quantitative estimate of drug-likeness (QED) is 0.757. The van der Waals surface area contributed by atoms with Gasteiger partial charge in [-0.25, -0.2) is 4.39 Å². The van der Waals surface area contributed by atoms with Crippen LogP contribution in [0.25, 0.3) is 0 Å². The van der Waals surface area contributed by atoms with E-state index in [0.29, 0.717) is 32.6 Å². The van der Waals surface area contributed by atoms with Crippen LogP contribution in [0.1, 0.15) is 37.0 Å². The summed E-state index contributed by atoms with van der Waals surface area (Å²) in [6.45, 7) is 4.70. The van der Waals surface area contributed by atoms with E-state index in [4.69, 9.17) is 0 Å². The molecule has 0 aliphatic carbocycles. The SMILES string of the molecule is CC(C)NC(=O)CN1CN(c2ccccc2)C2(CCN(C(=O)c3ccccc3F)CC2)C1=O. The van der Waals surface area contributed by atoms with Gasteiger partial charge in [0.2, 0.25) is 5.91 Å². The smallest absolute Gasteiger partial charge is 0.256 e. The first-order valence-corrected chi connectivity index (χ1v) is 11.3. The first kappa shape index (κ1) is 22.8.